The van der Waals surface area contributed by atoms with Gasteiger partial charge in [-0.15, -0.1) is 11.3 Å². The SMILES string of the molecule is [C-]#[N+]/C(=C\c1ccc(/C=C/c2ccc3cc4cc(N(CCCC)CCCC)ccc4cc3c2)s1)C(=O)O. The van der Waals surface area contributed by atoms with Gasteiger partial charge < -0.3 is 10.0 Å². The molecule has 0 bridgehead atoms. The van der Waals surface area contributed by atoms with E-state index in [9.17, 15) is 4.79 Å². The molecule has 0 fully saturated rings. The molecule has 0 saturated heterocycles. The van der Waals surface area contributed by atoms with Gasteiger partial charge >= 0.3 is 5.97 Å². The first-order valence-corrected chi connectivity index (χ1v) is 13.6. The van der Waals surface area contributed by atoms with Crippen LogP contribution in [0.25, 0.3) is 44.6 Å². The molecule has 0 aliphatic heterocycles. The van der Waals surface area contributed by atoms with Crippen molar-refractivity contribution in [3.63, 3.8) is 0 Å². The topological polar surface area (TPSA) is 44.9 Å². The van der Waals surface area contributed by atoms with Crippen molar-refractivity contribution in [2.45, 2.75) is 39.5 Å². The lowest BCUT2D eigenvalue weighted by Crippen LogP contribution is -2.25. The van der Waals surface area contributed by atoms with E-state index in [-0.39, 0.29) is 5.70 Å². The normalized spacial score (nSPS) is 11.9. The highest BCUT2D eigenvalue weighted by molar-refractivity contribution is 7.13. The van der Waals surface area contributed by atoms with Gasteiger partial charge in [0.2, 0.25) is 0 Å². The molecule has 0 amide bonds. The number of benzene rings is 3. The van der Waals surface area contributed by atoms with E-state index in [1.54, 1.807) is 0 Å². The lowest BCUT2D eigenvalue weighted by Gasteiger charge is -2.25. The first-order valence-electron chi connectivity index (χ1n) is 12.8. The number of carboxylic acid groups (broad SMARTS) is 1. The van der Waals surface area contributed by atoms with Gasteiger partial charge in [-0.1, -0.05) is 51.0 Å². The van der Waals surface area contributed by atoms with Gasteiger partial charge in [-0.05, 0) is 94.6 Å². The number of carboxylic acids is 1. The van der Waals surface area contributed by atoms with Crippen LogP contribution in [-0.2, 0) is 4.79 Å². The van der Waals surface area contributed by atoms with Gasteiger partial charge in [0.15, 0.2) is 0 Å². The van der Waals surface area contributed by atoms with Gasteiger partial charge in [-0.25, -0.2) is 4.85 Å². The first-order chi connectivity index (χ1) is 18.0. The number of thiophene rings is 1. The van der Waals surface area contributed by atoms with Gasteiger partial charge in [0, 0.05) is 28.5 Å². The minimum absolute atomic E-state index is 0.277. The Morgan fingerprint density at radius 3 is 2.16 bits per heavy atom. The van der Waals surface area contributed by atoms with Crippen LogP contribution in [0.5, 0.6) is 0 Å². The Hall–Kier alpha value is -3.88. The van der Waals surface area contributed by atoms with E-state index in [0.29, 0.717) is 0 Å². The van der Waals surface area contributed by atoms with Crippen LogP contribution in [0.15, 0.2) is 66.4 Å². The highest BCUT2D eigenvalue weighted by Crippen LogP contribution is 2.29. The van der Waals surface area contributed by atoms with Gasteiger partial charge in [-0.2, -0.15) is 0 Å². The van der Waals surface area contributed by atoms with Gasteiger partial charge in [0.05, 0.1) is 6.57 Å². The third kappa shape index (κ3) is 6.67. The fourth-order valence-electron chi connectivity index (χ4n) is 4.36. The van der Waals surface area contributed by atoms with Crippen molar-refractivity contribution in [3.8, 4) is 0 Å². The number of aliphatic carboxylic acids is 1. The molecule has 0 spiro atoms. The molecule has 4 nitrogen and oxygen atoms in total. The summed E-state index contributed by atoms with van der Waals surface area (Å²) in [5.74, 6) is -1.20. The van der Waals surface area contributed by atoms with E-state index in [0.717, 1.165) is 28.4 Å². The first kappa shape index (κ1) is 26.2. The van der Waals surface area contributed by atoms with Crippen molar-refractivity contribution in [2.75, 3.05) is 18.0 Å². The van der Waals surface area contributed by atoms with Crippen LogP contribution >= 0.6 is 11.3 Å². The molecule has 0 atom stereocenters. The molecule has 0 radical (unpaired) electrons. The number of anilines is 1. The zero-order valence-corrected chi connectivity index (χ0v) is 22.2. The molecule has 37 heavy (non-hydrogen) atoms. The molecule has 4 rings (SSSR count). The van der Waals surface area contributed by atoms with E-state index in [4.69, 9.17) is 11.7 Å². The Morgan fingerprint density at radius 2 is 1.51 bits per heavy atom. The number of rotatable bonds is 11. The summed E-state index contributed by atoms with van der Waals surface area (Å²) in [6.45, 7) is 13.7. The van der Waals surface area contributed by atoms with Gasteiger partial charge in [-0.3, -0.25) is 4.79 Å². The number of nitrogens with zero attached hydrogens (tertiary/aromatic N) is 2. The predicted octanol–water partition coefficient (Wildman–Crippen LogP) is 8.98. The van der Waals surface area contributed by atoms with E-state index >= 15 is 0 Å². The van der Waals surface area contributed by atoms with Crippen molar-refractivity contribution >= 4 is 62.8 Å². The van der Waals surface area contributed by atoms with Crippen LogP contribution in [0.3, 0.4) is 0 Å². The lowest BCUT2D eigenvalue weighted by atomic mass is 10.0. The molecule has 1 heterocycles. The lowest BCUT2D eigenvalue weighted by molar-refractivity contribution is -0.132. The third-order valence-corrected chi connectivity index (χ3v) is 7.44. The number of hydrogen-bond acceptors (Lipinski definition) is 3. The Labute approximate surface area is 223 Å². The Morgan fingerprint density at radius 1 is 0.865 bits per heavy atom. The number of unbranched alkanes of at least 4 members (excludes halogenated alkanes) is 2. The largest absolute Gasteiger partial charge is 0.486 e. The van der Waals surface area contributed by atoms with Crippen molar-refractivity contribution in [1.29, 1.82) is 0 Å². The van der Waals surface area contributed by atoms with E-state index < -0.39 is 5.97 Å². The maximum atomic E-state index is 11.1. The second-order valence-corrected chi connectivity index (χ2v) is 10.4. The monoisotopic (exact) mass is 508 g/mol. The van der Waals surface area contributed by atoms with Crippen LogP contribution in [0.2, 0.25) is 0 Å². The molecule has 3 aromatic carbocycles. The zero-order chi connectivity index (χ0) is 26.2. The summed E-state index contributed by atoms with van der Waals surface area (Å²) in [5, 5.41) is 14.0. The van der Waals surface area contributed by atoms with Crippen molar-refractivity contribution in [3.05, 3.63) is 93.1 Å². The van der Waals surface area contributed by atoms with E-state index in [1.165, 1.54) is 70.3 Å². The van der Waals surface area contributed by atoms with Gasteiger partial charge in [0.1, 0.15) is 0 Å². The van der Waals surface area contributed by atoms with Crippen LogP contribution in [0, 0.1) is 6.57 Å². The molecule has 1 N–H and O–H groups in total. The van der Waals surface area contributed by atoms with Gasteiger partial charge in [0.25, 0.3) is 5.70 Å². The fourth-order valence-corrected chi connectivity index (χ4v) is 5.21. The zero-order valence-electron chi connectivity index (χ0n) is 21.4. The summed E-state index contributed by atoms with van der Waals surface area (Å²) < 4.78 is 0. The highest BCUT2D eigenvalue weighted by atomic mass is 32.1. The van der Waals surface area contributed by atoms with Crippen LogP contribution < -0.4 is 4.90 Å². The molecule has 5 heteroatoms. The van der Waals surface area contributed by atoms with Crippen LogP contribution in [0.1, 0.15) is 54.8 Å². The summed E-state index contributed by atoms with van der Waals surface area (Å²) in [6.07, 6.45) is 10.3. The van der Waals surface area contributed by atoms with Crippen molar-refractivity contribution in [1.82, 2.24) is 0 Å². The maximum absolute atomic E-state index is 11.1. The summed E-state index contributed by atoms with van der Waals surface area (Å²) >= 11 is 1.46. The molecule has 0 saturated carbocycles. The highest BCUT2D eigenvalue weighted by Gasteiger charge is 2.09. The fraction of sp³-hybridized carbons (Fsp3) is 0.250. The third-order valence-electron chi connectivity index (χ3n) is 6.44. The molecular weight excluding hydrogens is 476 g/mol. The second kappa shape index (κ2) is 12.4. The summed E-state index contributed by atoms with van der Waals surface area (Å²) in [4.78, 5) is 18.4. The smallest absolute Gasteiger partial charge is 0.333 e. The molecule has 0 unspecified atom stereocenters. The van der Waals surface area contributed by atoms with Crippen molar-refractivity contribution < 1.29 is 9.90 Å². The minimum atomic E-state index is -1.20. The minimum Gasteiger partial charge on any atom is -0.486 e. The van der Waals surface area contributed by atoms with Crippen LogP contribution in [-0.4, -0.2) is 24.2 Å². The van der Waals surface area contributed by atoms with E-state index in [1.807, 2.05) is 18.2 Å². The average Bonchev–Trinajstić information content (AvgIpc) is 3.36. The quantitative estimate of drug-likeness (QED) is 0.125. The van der Waals surface area contributed by atoms with E-state index in [2.05, 4.69) is 78.2 Å². The van der Waals surface area contributed by atoms with Crippen molar-refractivity contribution in [2.24, 2.45) is 0 Å². The molecule has 1 aromatic heterocycles. The van der Waals surface area contributed by atoms with Crippen LogP contribution in [0.4, 0.5) is 5.69 Å². The molecule has 0 aliphatic carbocycles. The molecule has 4 aromatic rings. The molecule has 0 aliphatic rings. The standard InChI is InChI=1S/C32H32N2O2S/c1-4-6-16-34(17-7-5-2)28-12-11-25-19-26-18-23(8-10-24(26)20-27(25)21-28)9-13-29-14-15-30(37-29)22-31(33-3)32(35)36/h8-15,18-22H,4-7,16-17H2,1-2H3,(H,35,36)/b13-9+,31-22-. The summed E-state index contributed by atoms with van der Waals surface area (Å²) in [5.41, 5.74) is 2.14. The second-order valence-electron chi connectivity index (χ2n) is 9.20. The average molecular weight is 509 g/mol. The maximum Gasteiger partial charge on any atom is 0.333 e. The number of hydrogen-bond donors (Lipinski definition) is 1. The summed E-state index contributed by atoms with van der Waals surface area (Å²) in [7, 11) is 0. The molecule has 188 valence electrons. The Kier molecular flexibility index (Phi) is 8.77. The number of carbonyl (C=O) groups is 1. The number of fused-ring (bicyclic) bond motifs is 2. The molecular formula is C32H32N2O2S. The predicted molar refractivity (Wildman–Crippen MR) is 159 cm³/mol. The Balaban J connectivity index is 1.56. The summed E-state index contributed by atoms with van der Waals surface area (Å²) in [6, 6.07) is 21.7. The Bertz CT molecular complexity index is 1500.